The molecule has 0 radical (unpaired) electrons. The molecule has 2 unspecified atom stereocenters. The number of carboxylic acid groups (broad SMARTS) is 1. The molecule has 39 heavy (non-hydrogen) atoms. The Hall–Kier alpha value is -3.44. The standard InChI is InChI=1S/C25H30ClN7O5S/c1-4-10-38-17-13-33(7-5-16(17)30-23(34)19-15(12-27)18(26)14(2)29-19)25-31-20(21(39-25)24(35)36)22-28-6-8-32(22)9-11-37-3/h6,8,16-17,29H,4-5,7,9-11,13H2,1-3H3,(H,30,34)(H,35,36). The number of hydrogen-bond donors (Lipinski definition) is 3. The number of nitrogens with one attached hydrogen (secondary N) is 2. The quantitative estimate of drug-likeness (QED) is 0.312. The lowest BCUT2D eigenvalue weighted by Crippen LogP contribution is -2.55. The first-order valence-corrected chi connectivity index (χ1v) is 13.7. The lowest BCUT2D eigenvalue weighted by molar-refractivity contribution is 0.0205. The van der Waals surface area contributed by atoms with E-state index in [1.54, 1.807) is 26.4 Å². The van der Waals surface area contributed by atoms with E-state index in [9.17, 15) is 20.0 Å². The van der Waals surface area contributed by atoms with Gasteiger partial charge < -0.3 is 34.3 Å². The number of nitriles is 1. The van der Waals surface area contributed by atoms with E-state index in [-0.39, 0.29) is 33.3 Å². The van der Waals surface area contributed by atoms with Crippen LogP contribution in [-0.4, -0.2) is 82.1 Å². The van der Waals surface area contributed by atoms with Crippen LogP contribution in [0.2, 0.25) is 5.02 Å². The number of aromatic carboxylic acids is 1. The topological polar surface area (TPSA) is 158 Å². The predicted octanol–water partition coefficient (Wildman–Crippen LogP) is 3.32. The number of rotatable bonds is 11. The van der Waals surface area contributed by atoms with Gasteiger partial charge in [-0.2, -0.15) is 5.26 Å². The van der Waals surface area contributed by atoms with Crippen LogP contribution in [0.4, 0.5) is 5.13 Å². The zero-order chi connectivity index (χ0) is 28.1. The van der Waals surface area contributed by atoms with Crippen LogP contribution in [-0.2, 0) is 16.0 Å². The molecule has 3 aromatic heterocycles. The summed E-state index contributed by atoms with van der Waals surface area (Å²) in [6, 6.07) is 1.66. The molecule has 3 N–H and O–H groups in total. The number of carboxylic acids is 1. The second kappa shape index (κ2) is 12.6. The van der Waals surface area contributed by atoms with Gasteiger partial charge in [-0.1, -0.05) is 29.9 Å². The minimum Gasteiger partial charge on any atom is -0.477 e. The van der Waals surface area contributed by atoms with Crippen LogP contribution >= 0.6 is 22.9 Å². The number of halogens is 1. The summed E-state index contributed by atoms with van der Waals surface area (Å²) in [7, 11) is 1.60. The number of piperidine rings is 1. The van der Waals surface area contributed by atoms with Gasteiger partial charge in [0.2, 0.25) is 0 Å². The molecule has 1 aliphatic rings. The molecule has 0 aromatic carbocycles. The number of methoxy groups -OCH3 is 1. The number of aromatic nitrogens is 4. The number of anilines is 1. The summed E-state index contributed by atoms with van der Waals surface area (Å²) < 4.78 is 13.1. The van der Waals surface area contributed by atoms with E-state index in [1.807, 2.05) is 22.5 Å². The van der Waals surface area contributed by atoms with E-state index in [2.05, 4.69) is 15.3 Å². The van der Waals surface area contributed by atoms with Gasteiger partial charge in [-0.15, -0.1) is 0 Å². The van der Waals surface area contributed by atoms with Crippen LogP contribution in [0.3, 0.4) is 0 Å². The average molecular weight is 576 g/mol. The first-order valence-electron chi connectivity index (χ1n) is 12.5. The molecule has 4 heterocycles. The number of hydrogen-bond acceptors (Lipinski definition) is 9. The number of aromatic amines is 1. The first-order chi connectivity index (χ1) is 18.8. The van der Waals surface area contributed by atoms with Gasteiger partial charge >= 0.3 is 5.97 Å². The third-order valence-corrected chi connectivity index (χ3v) is 7.98. The molecule has 0 saturated carbocycles. The summed E-state index contributed by atoms with van der Waals surface area (Å²) >= 11 is 7.25. The van der Waals surface area contributed by atoms with E-state index in [0.29, 0.717) is 61.6 Å². The molecule has 4 rings (SSSR count). The highest BCUT2D eigenvalue weighted by molar-refractivity contribution is 7.17. The summed E-state index contributed by atoms with van der Waals surface area (Å²) in [5.41, 5.74) is 1.07. The molecule has 3 aromatic rings. The van der Waals surface area contributed by atoms with Crippen molar-refractivity contribution in [2.45, 2.75) is 45.4 Å². The zero-order valence-electron chi connectivity index (χ0n) is 21.9. The summed E-state index contributed by atoms with van der Waals surface area (Å²) in [6.45, 7) is 6.04. The third kappa shape index (κ3) is 6.09. The van der Waals surface area contributed by atoms with E-state index in [0.717, 1.165) is 17.8 Å². The van der Waals surface area contributed by atoms with Crippen molar-refractivity contribution in [1.82, 2.24) is 24.8 Å². The number of amides is 1. The Labute approximate surface area is 234 Å². The second-order valence-electron chi connectivity index (χ2n) is 9.07. The maximum Gasteiger partial charge on any atom is 0.348 e. The monoisotopic (exact) mass is 575 g/mol. The van der Waals surface area contributed by atoms with Gasteiger partial charge in [0.15, 0.2) is 11.0 Å². The molecule has 0 spiro atoms. The highest BCUT2D eigenvalue weighted by Crippen LogP contribution is 2.34. The molecule has 0 aliphatic carbocycles. The fraction of sp³-hybridized carbons (Fsp3) is 0.480. The van der Waals surface area contributed by atoms with Crippen molar-refractivity contribution < 1.29 is 24.2 Å². The number of imidazole rings is 1. The molecule has 208 valence electrons. The highest BCUT2D eigenvalue weighted by Gasteiger charge is 2.35. The van der Waals surface area contributed by atoms with Gasteiger partial charge in [-0.05, 0) is 19.8 Å². The van der Waals surface area contributed by atoms with Gasteiger partial charge in [0.25, 0.3) is 5.91 Å². The molecule has 1 aliphatic heterocycles. The van der Waals surface area contributed by atoms with Crippen LogP contribution in [0, 0.1) is 18.3 Å². The zero-order valence-corrected chi connectivity index (χ0v) is 23.4. The van der Waals surface area contributed by atoms with Crippen molar-refractivity contribution in [3.05, 3.63) is 39.2 Å². The van der Waals surface area contributed by atoms with Crippen LogP contribution in [0.25, 0.3) is 11.5 Å². The van der Waals surface area contributed by atoms with E-state index >= 15 is 0 Å². The molecular formula is C25H30ClN7O5S. The predicted molar refractivity (Wildman–Crippen MR) is 146 cm³/mol. The normalized spacial score (nSPS) is 17.3. The Morgan fingerprint density at radius 1 is 1.41 bits per heavy atom. The lowest BCUT2D eigenvalue weighted by Gasteiger charge is -2.38. The molecular weight excluding hydrogens is 546 g/mol. The summed E-state index contributed by atoms with van der Waals surface area (Å²) in [4.78, 5) is 39.2. The minimum absolute atomic E-state index is 0.0966. The van der Waals surface area contributed by atoms with Crippen molar-refractivity contribution in [3.63, 3.8) is 0 Å². The number of ether oxygens (including phenoxy) is 2. The van der Waals surface area contributed by atoms with Crippen molar-refractivity contribution >= 4 is 39.9 Å². The fourth-order valence-corrected chi connectivity index (χ4v) is 5.57. The Morgan fingerprint density at radius 2 is 2.21 bits per heavy atom. The van der Waals surface area contributed by atoms with Crippen molar-refractivity contribution in [2.75, 3.05) is 38.3 Å². The van der Waals surface area contributed by atoms with Gasteiger partial charge in [0.1, 0.15) is 27.9 Å². The third-order valence-electron chi connectivity index (χ3n) is 6.41. The SMILES string of the molecule is CCCOC1CN(c2nc(-c3nccn3CCOC)c(C(=O)O)s2)CCC1NC(=O)c1[nH]c(C)c(Cl)c1C#N. The van der Waals surface area contributed by atoms with Gasteiger partial charge in [-0.25, -0.2) is 14.8 Å². The summed E-state index contributed by atoms with van der Waals surface area (Å²) in [5, 5.41) is 23.1. The number of thiazole rings is 1. The molecule has 0 bridgehead atoms. The number of carbonyl (C=O) groups is 2. The number of H-pyrrole nitrogens is 1. The second-order valence-corrected chi connectivity index (χ2v) is 10.4. The van der Waals surface area contributed by atoms with Gasteiger partial charge in [0, 0.05) is 51.4 Å². The Balaban J connectivity index is 1.56. The summed E-state index contributed by atoms with van der Waals surface area (Å²) in [6.07, 6.45) is 4.29. The molecule has 14 heteroatoms. The largest absolute Gasteiger partial charge is 0.477 e. The lowest BCUT2D eigenvalue weighted by atomic mass is 10.0. The van der Waals surface area contributed by atoms with Gasteiger partial charge in [0.05, 0.1) is 23.8 Å². The number of carbonyl (C=O) groups excluding carboxylic acids is 1. The first kappa shape index (κ1) is 28.6. The maximum absolute atomic E-state index is 13.1. The van der Waals surface area contributed by atoms with Crippen molar-refractivity contribution in [2.24, 2.45) is 0 Å². The molecule has 1 fully saturated rings. The van der Waals surface area contributed by atoms with E-state index in [4.69, 9.17) is 26.1 Å². The maximum atomic E-state index is 13.1. The smallest absolute Gasteiger partial charge is 0.348 e. The minimum atomic E-state index is -1.08. The Kier molecular flexibility index (Phi) is 9.24. The van der Waals surface area contributed by atoms with Crippen LogP contribution < -0.4 is 10.2 Å². The van der Waals surface area contributed by atoms with Crippen LogP contribution in [0.1, 0.15) is 51.2 Å². The van der Waals surface area contributed by atoms with Crippen molar-refractivity contribution in [1.29, 1.82) is 5.26 Å². The Bertz CT molecular complexity index is 1380. The molecule has 2 atom stereocenters. The van der Waals surface area contributed by atoms with Crippen LogP contribution in [0.5, 0.6) is 0 Å². The molecule has 1 amide bonds. The van der Waals surface area contributed by atoms with Crippen molar-refractivity contribution in [3.8, 4) is 17.6 Å². The average Bonchev–Trinajstić information content (AvgIpc) is 3.64. The molecule has 1 saturated heterocycles. The number of nitrogens with zero attached hydrogens (tertiary/aromatic N) is 5. The van der Waals surface area contributed by atoms with Crippen LogP contribution in [0.15, 0.2) is 12.4 Å². The van der Waals surface area contributed by atoms with E-state index in [1.165, 1.54) is 0 Å². The Morgan fingerprint density at radius 3 is 2.90 bits per heavy atom. The van der Waals surface area contributed by atoms with Gasteiger partial charge in [-0.3, -0.25) is 4.79 Å². The van der Waals surface area contributed by atoms with E-state index < -0.39 is 11.9 Å². The highest BCUT2D eigenvalue weighted by atomic mass is 35.5. The molecule has 12 nitrogen and oxygen atoms in total. The number of aryl methyl sites for hydroxylation is 1. The fourth-order valence-electron chi connectivity index (χ4n) is 4.45. The summed E-state index contributed by atoms with van der Waals surface area (Å²) in [5.74, 6) is -1.05.